The third-order valence-electron chi connectivity index (χ3n) is 4.36. The van der Waals surface area contributed by atoms with Gasteiger partial charge in [0.15, 0.2) is 0 Å². The van der Waals surface area contributed by atoms with E-state index in [0.29, 0.717) is 0 Å². The summed E-state index contributed by atoms with van der Waals surface area (Å²) in [6.07, 6.45) is 0. The summed E-state index contributed by atoms with van der Waals surface area (Å²) in [7, 11) is 0. The van der Waals surface area contributed by atoms with Crippen LogP contribution in [0.2, 0.25) is 0 Å². The number of hydrogen-bond acceptors (Lipinski definition) is 2. The van der Waals surface area contributed by atoms with Crippen LogP contribution in [0.5, 0.6) is 0 Å². The second-order valence-electron chi connectivity index (χ2n) is 5.98. The van der Waals surface area contributed by atoms with Gasteiger partial charge >= 0.3 is 0 Å². The number of rotatable bonds is 0. The fourth-order valence-corrected chi connectivity index (χ4v) is 5.48. The molecule has 2 heterocycles. The highest BCUT2D eigenvalue weighted by atomic mass is 32.1. The third kappa shape index (κ3) is 1.68. The third-order valence-corrected chi connectivity index (χ3v) is 6.56. The molecule has 0 aliphatic carbocycles. The van der Waals surface area contributed by atoms with Crippen molar-refractivity contribution in [3.8, 4) is 0 Å². The molecule has 0 spiro atoms. The molecular weight excluding hydrogens is 304 g/mol. The Bertz CT molecular complexity index is 1100. The molecule has 0 bridgehead atoms. The number of thiophene rings is 2. The van der Waals surface area contributed by atoms with Crippen molar-refractivity contribution >= 4 is 64.4 Å². The van der Waals surface area contributed by atoms with Crippen molar-refractivity contribution < 1.29 is 0 Å². The summed E-state index contributed by atoms with van der Waals surface area (Å²) in [6.45, 7) is 4.39. The number of hydrogen-bond donors (Lipinski definition) is 0. The molecule has 0 fully saturated rings. The van der Waals surface area contributed by atoms with Crippen LogP contribution in [0.4, 0.5) is 0 Å². The lowest BCUT2D eigenvalue weighted by Gasteiger charge is -2.05. The first kappa shape index (κ1) is 12.6. The Morgan fingerprint density at radius 2 is 1.00 bits per heavy atom. The highest BCUT2D eigenvalue weighted by Gasteiger charge is 2.09. The first-order chi connectivity index (χ1) is 10.7. The van der Waals surface area contributed by atoms with Crippen LogP contribution in [0.15, 0.2) is 48.5 Å². The first-order valence-corrected chi connectivity index (χ1v) is 9.08. The van der Waals surface area contributed by atoms with Gasteiger partial charge in [0.2, 0.25) is 0 Å². The van der Waals surface area contributed by atoms with Gasteiger partial charge in [-0.25, -0.2) is 0 Å². The summed E-state index contributed by atoms with van der Waals surface area (Å²) in [6, 6.07) is 18.3. The Kier molecular flexibility index (Phi) is 2.47. The Morgan fingerprint density at radius 3 is 1.50 bits per heavy atom. The van der Waals surface area contributed by atoms with E-state index in [1.54, 1.807) is 0 Å². The Morgan fingerprint density at radius 1 is 0.545 bits per heavy atom. The van der Waals surface area contributed by atoms with Crippen LogP contribution in [-0.4, -0.2) is 0 Å². The van der Waals surface area contributed by atoms with Crippen LogP contribution >= 0.6 is 22.7 Å². The molecule has 0 saturated heterocycles. The van der Waals surface area contributed by atoms with Crippen molar-refractivity contribution in [3.05, 3.63) is 58.3 Å². The van der Waals surface area contributed by atoms with Crippen LogP contribution in [0, 0.1) is 13.8 Å². The van der Waals surface area contributed by atoms with E-state index in [4.69, 9.17) is 0 Å². The van der Waals surface area contributed by atoms with Crippen LogP contribution in [0.3, 0.4) is 0 Å². The SMILES string of the molecule is Cc1cc2ccc3cc4ccc5cc(C)sc5c4cc3c2s1. The zero-order valence-electron chi connectivity index (χ0n) is 12.4. The van der Waals surface area contributed by atoms with Crippen molar-refractivity contribution in [2.24, 2.45) is 0 Å². The first-order valence-electron chi connectivity index (χ1n) is 7.45. The molecule has 2 aromatic heterocycles. The molecule has 5 aromatic rings. The summed E-state index contributed by atoms with van der Waals surface area (Å²) >= 11 is 3.81. The van der Waals surface area contributed by atoms with Crippen LogP contribution < -0.4 is 0 Å². The van der Waals surface area contributed by atoms with E-state index in [-0.39, 0.29) is 0 Å². The minimum atomic E-state index is 1.34. The number of benzene rings is 3. The van der Waals surface area contributed by atoms with Gasteiger partial charge in [-0.3, -0.25) is 0 Å². The van der Waals surface area contributed by atoms with Gasteiger partial charge in [0.25, 0.3) is 0 Å². The average Bonchev–Trinajstić information content (AvgIpc) is 3.06. The summed E-state index contributed by atoms with van der Waals surface area (Å²) in [5.74, 6) is 0. The molecule has 106 valence electrons. The normalized spacial score (nSPS) is 12.1. The van der Waals surface area contributed by atoms with E-state index in [9.17, 15) is 0 Å². The van der Waals surface area contributed by atoms with Gasteiger partial charge < -0.3 is 0 Å². The maximum Gasteiger partial charge on any atom is 0.0424 e. The fraction of sp³-hybridized carbons (Fsp3) is 0.100. The maximum absolute atomic E-state index is 2.40. The van der Waals surface area contributed by atoms with E-state index in [2.05, 4.69) is 62.4 Å². The minimum Gasteiger partial charge on any atom is -0.140 e. The molecule has 0 saturated carbocycles. The summed E-state index contributed by atoms with van der Waals surface area (Å²) in [5, 5.41) is 8.19. The maximum atomic E-state index is 2.40. The van der Waals surface area contributed by atoms with Crippen LogP contribution in [0.25, 0.3) is 41.7 Å². The van der Waals surface area contributed by atoms with E-state index >= 15 is 0 Å². The van der Waals surface area contributed by atoms with Gasteiger partial charge in [-0.2, -0.15) is 0 Å². The lowest BCUT2D eigenvalue weighted by atomic mass is 10.0. The van der Waals surface area contributed by atoms with E-state index in [1.807, 2.05) is 22.7 Å². The molecule has 3 aromatic carbocycles. The highest BCUT2D eigenvalue weighted by Crippen LogP contribution is 2.38. The van der Waals surface area contributed by atoms with Crippen LogP contribution in [-0.2, 0) is 0 Å². The van der Waals surface area contributed by atoms with E-state index in [0.717, 1.165) is 0 Å². The van der Waals surface area contributed by atoms with Gasteiger partial charge in [0.1, 0.15) is 0 Å². The molecule has 0 amide bonds. The van der Waals surface area contributed by atoms with Gasteiger partial charge in [-0.1, -0.05) is 24.3 Å². The van der Waals surface area contributed by atoms with Gasteiger partial charge in [-0.05, 0) is 59.7 Å². The molecule has 0 atom stereocenters. The molecule has 0 aliphatic rings. The average molecular weight is 318 g/mol. The molecule has 0 aliphatic heterocycles. The lowest BCUT2D eigenvalue weighted by molar-refractivity contribution is 1.66. The van der Waals surface area contributed by atoms with Crippen molar-refractivity contribution in [2.45, 2.75) is 13.8 Å². The second-order valence-corrected chi connectivity index (χ2v) is 8.49. The lowest BCUT2D eigenvalue weighted by Crippen LogP contribution is -1.77. The molecule has 0 nitrogen and oxygen atoms in total. The largest absolute Gasteiger partial charge is 0.140 e. The molecule has 22 heavy (non-hydrogen) atoms. The Balaban J connectivity index is 2.04. The quantitative estimate of drug-likeness (QED) is 0.269. The van der Waals surface area contributed by atoms with Crippen molar-refractivity contribution in [2.75, 3.05) is 0 Å². The van der Waals surface area contributed by atoms with Crippen molar-refractivity contribution in [1.82, 2.24) is 0 Å². The van der Waals surface area contributed by atoms with Crippen molar-refractivity contribution in [3.63, 3.8) is 0 Å². The summed E-state index contributed by atoms with van der Waals surface area (Å²) in [5.41, 5.74) is 0. The highest BCUT2D eigenvalue weighted by molar-refractivity contribution is 7.20. The molecular formula is C20H14S2. The molecule has 0 unspecified atom stereocenters. The van der Waals surface area contributed by atoms with Gasteiger partial charge in [-0.15, -0.1) is 22.7 Å². The number of fused-ring (bicyclic) bond motifs is 6. The smallest absolute Gasteiger partial charge is 0.0424 e. The monoisotopic (exact) mass is 318 g/mol. The molecule has 0 radical (unpaired) electrons. The van der Waals surface area contributed by atoms with Crippen molar-refractivity contribution in [1.29, 1.82) is 0 Å². The summed E-state index contributed by atoms with van der Waals surface area (Å²) < 4.78 is 2.84. The van der Waals surface area contributed by atoms with Gasteiger partial charge in [0, 0.05) is 29.9 Å². The Labute approximate surface area is 136 Å². The summed E-state index contributed by atoms with van der Waals surface area (Å²) in [4.78, 5) is 2.76. The minimum absolute atomic E-state index is 1.34. The molecule has 0 N–H and O–H groups in total. The Hall–Kier alpha value is -1.90. The standard InChI is InChI=1S/C20H14S2/c1-11-7-15-5-3-13-9-14-4-6-16-8-12(2)22-20(16)18(14)10-17(13)19(15)21-11/h3-10H,1-2H3. The van der Waals surface area contributed by atoms with Gasteiger partial charge in [0.05, 0.1) is 0 Å². The molecule has 5 rings (SSSR count). The zero-order chi connectivity index (χ0) is 14.8. The fourth-order valence-electron chi connectivity index (χ4n) is 3.40. The zero-order valence-corrected chi connectivity index (χ0v) is 14.1. The predicted octanol–water partition coefficient (Wildman–Crippen LogP) is 7.04. The molecule has 2 heteroatoms. The second kappa shape index (κ2) is 4.31. The van der Waals surface area contributed by atoms with E-state index < -0.39 is 0 Å². The van der Waals surface area contributed by atoms with E-state index in [1.165, 1.54) is 51.5 Å². The topological polar surface area (TPSA) is 0 Å². The predicted molar refractivity (Wildman–Crippen MR) is 102 cm³/mol. The number of aryl methyl sites for hydroxylation is 2. The van der Waals surface area contributed by atoms with Crippen LogP contribution in [0.1, 0.15) is 9.75 Å².